The van der Waals surface area contributed by atoms with Crippen LogP contribution in [-0.4, -0.2) is 59.9 Å². The molecule has 1 unspecified atom stereocenters. The average Bonchev–Trinajstić information content (AvgIpc) is 2.85. The van der Waals surface area contributed by atoms with Crippen molar-refractivity contribution in [1.82, 2.24) is 0 Å². The molecule has 0 aromatic rings. The number of hydrogen-bond donors (Lipinski definition) is 0. The Bertz CT molecular complexity index is 406. The van der Waals surface area contributed by atoms with Crippen molar-refractivity contribution in [3.05, 3.63) is 0 Å². The third-order valence-corrected chi connectivity index (χ3v) is 11.5. The maximum absolute atomic E-state index is 5.91. The molecule has 200 valence electrons. The van der Waals surface area contributed by atoms with E-state index in [9.17, 15) is 0 Å². The zero-order chi connectivity index (χ0) is 24.8. The molecular weight excluding hydrogens is 426 g/mol. The summed E-state index contributed by atoms with van der Waals surface area (Å²) >= 11 is 0. The standard InChI is InChI=1S/C28H62NO3Si/c1-8-12-13-14-15-16-17-18-19-20-21-22-23-24-25-26-27-29(10-3,11-4)28(9-2)33(30-5,31-6)32-7/h28H,8-27H2,1-7H3/q+1. The SMILES string of the molecule is CCCCCCCCCCCCCCCCCC[N+](CC)(CC)C(CC)[Si](OC)(OC)OC. The summed E-state index contributed by atoms with van der Waals surface area (Å²) < 4.78 is 18.8. The molecule has 0 aromatic carbocycles. The Morgan fingerprint density at radius 1 is 0.515 bits per heavy atom. The summed E-state index contributed by atoms with van der Waals surface area (Å²) in [6.07, 6.45) is 23.7. The topological polar surface area (TPSA) is 27.7 Å². The van der Waals surface area contributed by atoms with E-state index in [1.807, 2.05) is 0 Å². The van der Waals surface area contributed by atoms with Gasteiger partial charge in [0.1, 0.15) is 0 Å². The molecule has 1 atom stereocenters. The predicted octanol–water partition coefficient (Wildman–Crippen LogP) is 8.30. The van der Waals surface area contributed by atoms with Gasteiger partial charge in [0.15, 0.2) is 5.67 Å². The molecule has 0 radical (unpaired) electrons. The van der Waals surface area contributed by atoms with E-state index in [1.54, 1.807) is 21.3 Å². The van der Waals surface area contributed by atoms with Crippen LogP contribution in [0.3, 0.4) is 0 Å². The van der Waals surface area contributed by atoms with Gasteiger partial charge in [-0.2, -0.15) is 0 Å². The summed E-state index contributed by atoms with van der Waals surface area (Å²) in [6.45, 7) is 12.6. The minimum absolute atomic E-state index is 0.309. The second-order valence-electron chi connectivity index (χ2n) is 10.0. The second kappa shape index (κ2) is 21.3. The van der Waals surface area contributed by atoms with E-state index in [4.69, 9.17) is 13.3 Å². The molecule has 5 heteroatoms. The maximum atomic E-state index is 5.91. The minimum atomic E-state index is -2.66. The van der Waals surface area contributed by atoms with Crippen LogP contribution in [0.1, 0.15) is 137 Å². The van der Waals surface area contributed by atoms with Gasteiger partial charge >= 0.3 is 8.80 Å². The Labute approximate surface area is 210 Å². The molecular formula is C28H62NO3Si+. The molecule has 0 aliphatic carbocycles. The van der Waals surface area contributed by atoms with Crippen LogP contribution in [0.15, 0.2) is 0 Å². The fraction of sp³-hybridized carbons (Fsp3) is 1.00. The summed E-state index contributed by atoms with van der Waals surface area (Å²) in [7, 11) is 2.62. The Morgan fingerprint density at radius 2 is 0.848 bits per heavy atom. The van der Waals surface area contributed by atoms with Crippen LogP contribution in [-0.2, 0) is 13.3 Å². The van der Waals surface area contributed by atoms with Crippen LogP contribution in [0.4, 0.5) is 0 Å². The van der Waals surface area contributed by atoms with Crippen LogP contribution >= 0.6 is 0 Å². The minimum Gasteiger partial charge on any atom is -0.373 e. The van der Waals surface area contributed by atoms with Gasteiger partial charge < -0.3 is 17.8 Å². The molecule has 0 fully saturated rings. The quantitative estimate of drug-likeness (QED) is 0.0734. The third kappa shape index (κ3) is 12.5. The third-order valence-electron chi connectivity index (χ3n) is 8.03. The number of quaternary nitrogens is 1. The van der Waals surface area contributed by atoms with Crippen molar-refractivity contribution in [2.75, 3.05) is 41.0 Å². The van der Waals surface area contributed by atoms with E-state index in [0.717, 1.165) is 24.0 Å². The number of nitrogens with zero attached hydrogens (tertiary/aromatic N) is 1. The lowest BCUT2D eigenvalue weighted by molar-refractivity contribution is -0.940. The number of unbranched alkanes of at least 4 members (excludes halogenated alkanes) is 15. The highest BCUT2D eigenvalue weighted by Gasteiger charge is 2.56. The van der Waals surface area contributed by atoms with Crippen molar-refractivity contribution in [3.8, 4) is 0 Å². The average molecular weight is 489 g/mol. The largest absolute Gasteiger partial charge is 0.561 e. The van der Waals surface area contributed by atoms with E-state index >= 15 is 0 Å². The number of rotatable bonds is 25. The van der Waals surface area contributed by atoms with Gasteiger partial charge in [0.2, 0.25) is 0 Å². The molecule has 33 heavy (non-hydrogen) atoms. The lowest BCUT2D eigenvalue weighted by atomic mass is 10.0. The first kappa shape index (κ1) is 33.1. The molecule has 0 spiro atoms. The molecule has 0 N–H and O–H groups in total. The van der Waals surface area contributed by atoms with Crippen molar-refractivity contribution in [2.45, 2.75) is 143 Å². The molecule has 0 rings (SSSR count). The summed E-state index contributed by atoms with van der Waals surface area (Å²) in [5, 5.41) is 0. The van der Waals surface area contributed by atoms with E-state index in [0.29, 0.717) is 5.67 Å². The molecule has 0 aromatic heterocycles. The summed E-state index contributed by atoms with van der Waals surface area (Å²) in [5.74, 6) is 0. The summed E-state index contributed by atoms with van der Waals surface area (Å²) in [4.78, 5) is 0. The van der Waals surface area contributed by atoms with Gasteiger partial charge in [0, 0.05) is 27.8 Å². The Balaban J connectivity index is 4.03. The van der Waals surface area contributed by atoms with Crippen molar-refractivity contribution in [3.63, 3.8) is 0 Å². The predicted molar refractivity (Wildman–Crippen MR) is 147 cm³/mol. The molecule has 0 saturated carbocycles. The van der Waals surface area contributed by atoms with Gasteiger partial charge in [0.05, 0.1) is 19.6 Å². The number of hydrogen-bond acceptors (Lipinski definition) is 3. The summed E-state index contributed by atoms with van der Waals surface area (Å²) in [6, 6.07) is 0. The van der Waals surface area contributed by atoms with Gasteiger partial charge in [0.25, 0.3) is 0 Å². The van der Waals surface area contributed by atoms with Crippen LogP contribution in [0.5, 0.6) is 0 Å². The lowest BCUT2D eigenvalue weighted by Crippen LogP contribution is -2.70. The highest BCUT2D eigenvalue weighted by atomic mass is 28.4. The van der Waals surface area contributed by atoms with Crippen molar-refractivity contribution in [2.24, 2.45) is 0 Å². The Morgan fingerprint density at radius 3 is 1.12 bits per heavy atom. The van der Waals surface area contributed by atoms with E-state index < -0.39 is 8.80 Å². The van der Waals surface area contributed by atoms with Crippen LogP contribution < -0.4 is 0 Å². The lowest BCUT2D eigenvalue weighted by Gasteiger charge is -2.47. The van der Waals surface area contributed by atoms with Gasteiger partial charge in [-0.15, -0.1) is 0 Å². The normalized spacial score (nSPS) is 13.5. The van der Waals surface area contributed by atoms with Crippen LogP contribution in [0.2, 0.25) is 0 Å². The zero-order valence-corrected chi connectivity index (χ0v) is 24.9. The van der Waals surface area contributed by atoms with Gasteiger partial charge in [-0.05, 0) is 26.7 Å². The van der Waals surface area contributed by atoms with Gasteiger partial charge in [-0.1, -0.05) is 104 Å². The first-order valence-electron chi connectivity index (χ1n) is 14.6. The fourth-order valence-corrected chi connectivity index (χ4v) is 8.72. The van der Waals surface area contributed by atoms with Crippen molar-refractivity contribution in [1.29, 1.82) is 0 Å². The van der Waals surface area contributed by atoms with Crippen LogP contribution in [0, 0.1) is 0 Å². The molecule has 0 amide bonds. The van der Waals surface area contributed by atoms with E-state index in [2.05, 4.69) is 27.7 Å². The Kier molecular flexibility index (Phi) is 21.4. The highest BCUT2D eigenvalue weighted by Crippen LogP contribution is 2.28. The smallest absolute Gasteiger partial charge is 0.373 e. The zero-order valence-electron chi connectivity index (χ0n) is 23.9. The fourth-order valence-electron chi connectivity index (χ4n) is 5.74. The van der Waals surface area contributed by atoms with Crippen molar-refractivity contribution < 1.29 is 17.8 Å². The second-order valence-corrected chi connectivity index (χ2v) is 13.1. The molecule has 0 heterocycles. The van der Waals surface area contributed by atoms with E-state index in [1.165, 1.54) is 109 Å². The van der Waals surface area contributed by atoms with Crippen molar-refractivity contribution >= 4 is 8.80 Å². The summed E-state index contributed by atoms with van der Waals surface area (Å²) in [5.41, 5.74) is 0.309. The molecule has 4 nitrogen and oxygen atoms in total. The molecule has 0 aliphatic heterocycles. The monoisotopic (exact) mass is 488 g/mol. The van der Waals surface area contributed by atoms with Crippen LogP contribution in [0.25, 0.3) is 0 Å². The molecule has 0 bridgehead atoms. The first-order chi connectivity index (χ1) is 16.1. The highest BCUT2D eigenvalue weighted by molar-refractivity contribution is 6.62. The van der Waals surface area contributed by atoms with E-state index in [-0.39, 0.29) is 0 Å². The van der Waals surface area contributed by atoms with Gasteiger partial charge in [-0.3, -0.25) is 0 Å². The maximum Gasteiger partial charge on any atom is 0.561 e. The Hall–Kier alpha value is 0.0569. The molecule has 0 aliphatic rings. The van der Waals surface area contributed by atoms with Gasteiger partial charge in [-0.25, -0.2) is 0 Å². The molecule has 0 saturated heterocycles. The first-order valence-corrected chi connectivity index (χ1v) is 16.4.